The molecule has 1 aromatic carbocycles. The minimum absolute atomic E-state index is 0.325. The van der Waals surface area contributed by atoms with E-state index in [1.807, 2.05) is 17.8 Å². The molecule has 0 spiro atoms. The zero-order valence-electron chi connectivity index (χ0n) is 16.0. The highest BCUT2D eigenvalue weighted by Gasteiger charge is 2.25. The van der Waals surface area contributed by atoms with Gasteiger partial charge in [-0.25, -0.2) is 9.78 Å². The Hall–Kier alpha value is -2.48. The molecule has 0 bridgehead atoms. The number of fused-ring (bicyclic) bond motifs is 1. The molecule has 2 N–H and O–H groups in total. The lowest BCUT2D eigenvalue weighted by atomic mass is 10.1. The lowest BCUT2D eigenvalue weighted by Crippen LogP contribution is -2.47. The summed E-state index contributed by atoms with van der Waals surface area (Å²) in [4.78, 5) is 26.6. The fourth-order valence-corrected chi connectivity index (χ4v) is 4.63. The number of aromatic nitrogens is 2. The van der Waals surface area contributed by atoms with Gasteiger partial charge in [0, 0.05) is 50.6 Å². The number of hydrogen-bond donors (Lipinski definition) is 2. The van der Waals surface area contributed by atoms with Crippen molar-refractivity contribution in [1.29, 1.82) is 0 Å². The van der Waals surface area contributed by atoms with Gasteiger partial charge in [0.2, 0.25) is 5.95 Å². The quantitative estimate of drug-likeness (QED) is 0.767. The van der Waals surface area contributed by atoms with Crippen molar-refractivity contribution in [3.63, 3.8) is 0 Å². The average Bonchev–Trinajstić information content (AvgIpc) is 3.21. The van der Waals surface area contributed by atoms with E-state index in [4.69, 9.17) is 9.97 Å². The first kappa shape index (κ1) is 18.9. The molecule has 0 radical (unpaired) electrons. The van der Waals surface area contributed by atoms with E-state index in [1.54, 1.807) is 18.2 Å². The fourth-order valence-electron chi connectivity index (χ4n) is 3.56. The molecule has 0 unspecified atom stereocenters. The fraction of sp³-hybridized carbons (Fsp3) is 0.450. The van der Waals surface area contributed by atoms with E-state index in [0.717, 1.165) is 74.5 Å². The molecule has 7 nitrogen and oxygen atoms in total. The molecular formula is C20H25N5O2S. The van der Waals surface area contributed by atoms with Gasteiger partial charge in [-0.3, -0.25) is 0 Å². The second kappa shape index (κ2) is 8.26. The first-order valence-corrected chi connectivity index (χ1v) is 10.7. The van der Waals surface area contributed by atoms with E-state index >= 15 is 0 Å². The summed E-state index contributed by atoms with van der Waals surface area (Å²) in [6.07, 6.45) is 2.06. The van der Waals surface area contributed by atoms with Crippen molar-refractivity contribution in [1.82, 2.24) is 9.97 Å². The van der Waals surface area contributed by atoms with Gasteiger partial charge < -0.3 is 20.2 Å². The highest BCUT2D eigenvalue weighted by atomic mass is 32.2. The number of nitrogens with one attached hydrogen (secondary N) is 1. The van der Waals surface area contributed by atoms with Crippen molar-refractivity contribution in [2.45, 2.75) is 24.7 Å². The van der Waals surface area contributed by atoms with E-state index in [0.29, 0.717) is 5.56 Å². The lowest BCUT2D eigenvalue weighted by molar-refractivity contribution is 0.0697. The van der Waals surface area contributed by atoms with Crippen LogP contribution in [-0.2, 0) is 6.42 Å². The van der Waals surface area contributed by atoms with Crippen LogP contribution in [0.15, 0.2) is 29.2 Å². The number of piperazine rings is 1. The van der Waals surface area contributed by atoms with Gasteiger partial charge in [0.25, 0.3) is 0 Å². The highest BCUT2D eigenvalue weighted by Crippen LogP contribution is 2.36. The first-order chi connectivity index (χ1) is 13.7. The van der Waals surface area contributed by atoms with E-state index in [1.165, 1.54) is 4.90 Å². The Bertz CT molecular complexity index is 868. The topological polar surface area (TPSA) is 81.6 Å². The zero-order valence-corrected chi connectivity index (χ0v) is 16.8. The maximum atomic E-state index is 11.2. The summed E-state index contributed by atoms with van der Waals surface area (Å²) in [6.45, 7) is 6.33. The zero-order chi connectivity index (χ0) is 19.5. The van der Waals surface area contributed by atoms with E-state index in [9.17, 15) is 9.90 Å². The normalized spacial score (nSPS) is 16.2. The maximum absolute atomic E-state index is 11.2. The van der Waals surface area contributed by atoms with Crippen molar-refractivity contribution in [3.05, 3.63) is 35.5 Å². The molecule has 3 heterocycles. The Morgan fingerprint density at radius 3 is 2.75 bits per heavy atom. The molecule has 0 saturated carbocycles. The number of aryl methyl sites for hydroxylation is 1. The van der Waals surface area contributed by atoms with Crippen LogP contribution in [0.4, 0.5) is 17.5 Å². The van der Waals surface area contributed by atoms with Gasteiger partial charge in [-0.15, -0.1) is 11.8 Å². The van der Waals surface area contributed by atoms with Gasteiger partial charge in [0.15, 0.2) is 0 Å². The summed E-state index contributed by atoms with van der Waals surface area (Å²) in [5, 5.41) is 12.7. The van der Waals surface area contributed by atoms with Crippen LogP contribution in [0.1, 0.15) is 29.4 Å². The molecule has 0 amide bonds. The highest BCUT2D eigenvalue weighted by molar-refractivity contribution is 7.99. The number of aromatic carboxylic acids is 1. The maximum Gasteiger partial charge on any atom is 0.335 e. The summed E-state index contributed by atoms with van der Waals surface area (Å²) in [6, 6.07) is 7.15. The number of thioether (sulfide) groups is 1. The Morgan fingerprint density at radius 1 is 1.21 bits per heavy atom. The summed E-state index contributed by atoms with van der Waals surface area (Å²) in [5.41, 5.74) is 2.44. The van der Waals surface area contributed by atoms with Crippen LogP contribution in [0.5, 0.6) is 0 Å². The lowest BCUT2D eigenvalue weighted by Gasteiger charge is -2.36. The molecular weight excluding hydrogens is 374 g/mol. The number of carboxylic acids is 1. The van der Waals surface area contributed by atoms with E-state index < -0.39 is 5.97 Å². The smallest absolute Gasteiger partial charge is 0.335 e. The molecule has 0 atom stereocenters. The molecule has 0 aliphatic carbocycles. The van der Waals surface area contributed by atoms with Gasteiger partial charge in [-0.05, 0) is 24.6 Å². The van der Waals surface area contributed by atoms with Crippen LogP contribution in [0.3, 0.4) is 0 Å². The third-order valence-electron chi connectivity index (χ3n) is 5.07. The van der Waals surface area contributed by atoms with Crippen molar-refractivity contribution in [2.75, 3.05) is 53.6 Å². The summed E-state index contributed by atoms with van der Waals surface area (Å²) in [7, 11) is 0. The third-order valence-corrected chi connectivity index (χ3v) is 6.20. The minimum Gasteiger partial charge on any atom is -0.478 e. The van der Waals surface area contributed by atoms with Crippen molar-refractivity contribution in [2.24, 2.45) is 0 Å². The molecule has 28 heavy (non-hydrogen) atoms. The van der Waals surface area contributed by atoms with E-state index in [-0.39, 0.29) is 0 Å². The average molecular weight is 400 g/mol. The van der Waals surface area contributed by atoms with Crippen LogP contribution in [-0.4, -0.2) is 59.5 Å². The van der Waals surface area contributed by atoms with Gasteiger partial charge in [0.05, 0.1) is 16.2 Å². The summed E-state index contributed by atoms with van der Waals surface area (Å²) in [5.74, 6) is 1.96. The summed E-state index contributed by atoms with van der Waals surface area (Å²) < 4.78 is 0. The second-order valence-electron chi connectivity index (χ2n) is 7.00. The number of carbonyl (C=O) groups is 1. The molecule has 2 aliphatic heterocycles. The van der Waals surface area contributed by atoms with Gasteiger partial charge in [-0.2, -0.15) is 4.98 Å². The van der Waals surface area contributed by atoms with Gasteiger partial charge in [-0.1, -0.05) is 13.0 Å². The predicted octanol–water partition coefficient (Wildman–Crippen LogP) is 2.97. The van der Waals surface area contributed by atoms with E-state index in [2.05, 4.69) is 22.0 Å². The minimum atomic E-state index is -0.892. The molecule has 148 valence electrons. The van der Waals surface area contributed by atoms with Crippen molar-refractivity contribution >= 4 is 35.2 Å². The molecule has 1 saturated heterocycles. The number of nitrogens with zero attached hydrogens (tertiary/aromatic N) is 4. The Labute approximate surface area is 169 Å². The SMILES string of the molecule is CCCNc1nc(N2CCN(c3cccc(C(=O)O)c3)CC2)nc2c1SCC2. The van der Waals surface area contributed by atoms with Crippen LogP contribution in [0.25, 0.3) is 0 Å². The van der Waals surface area contributed by atoms with Crippen LogP contribution in [0, 0.1) is 0 Å². The molecule has 1 fully saturated rings. The number of rotatable bonds is 6. The molecule has 1 aromatic heterocycles. The van der Waals surface area contributed by atoms with Gasteiger partial charge in [0.1, 0.15) is 5.82 Å². The van der Waals surface area contributed by atoms with Gasteiger partial charge >= 0.3 is 5.97 Å². The monoisotopic (exact) mass is 399 g/mol. The number of hydrogen-bond acceptors (Lipinski definition) is 7. The number of carboxylic acid groups (broad SMARTS) is 1. The Balaban J connectivity index is 1.48. The second-order valence-corrected chi connectivity index (χ2v) is 8.11. The molecule has 2 aliphatic rings. The largest absolute Gasteiger partial charge is 0.478 e. The third kappa shape index (κ3) is 3.87. The predicted molar refractivity (Wildman–Crippen MR) is 113 cm³/mol. The number of benzene rings is 1. The van der Waals surface area contributed by atoms with Crippen LogP contribution >= 0.6 is 11.8 Å². The van der Waals surface area contributed by atoms with Crippen LogP contribution < -0.4 is 15.1 Å². The Kier molecular flexibility index (Phi) is 5.57. The molecule has 2 aromatic rings. The van der Waals surface area contributed by atoms with Crippen molar-refractivity contribution in [3.8, 4) is 0 Å². The van der Waals surface area contributed by atoms with Crippen LogP contribution in [0.2, 0.25) is 0 Å². The summed E-state index contributed by atoms with van der Waals surface area (Å²) >= 11 is 1.84. The first-order valence-electron chi connectivity index (χ1n) is 9.76. The molecule has 4 rings (SSSR count). The molecule has 8 heteroatoms. The number of anilines is 3. The Morgan fingerprint density at radius 2 is 2.00 bits per heavy atom. The van der Waals surface area contributed by atoms with Crippen molar-refractivity contribution < 1.29 is 9.90 Å². The standard InChI is InChI=1S/C20H25N5O2S/c1-2-7-21-18-17-16(6-12-28-17)22-20(23-18)25-10-8-24(9-11-25)15-5-3-4-14(13-15)19(26)27/h3-5,13H,2,6-12H2,1H3,(H,26,27)(H,21,22,23).